The summed E-state index contributed by atoms with van der Waals surface area (Å²) in [5.74, 6) is 0.860. The van der Waals surface area contributed by atoms with Gasteiger partial charge in [-0.1, -0.05) is 24.3 Å². The van der Waals surface area contributed by atoms with Crippen LogP contribution >= 0.6 is 0 Å². The molecule has 8 nitrogen and oxygen atoms in total. The Balaban J connectivity index is 1.49. The van der Waals surface area contributed by atoms with Crippen molar-refractivity contribution in [2.45, 2.75) is 52.4 Å². The van der Waals surface area contributed by atoms with Crippen molar-refractivity contribution in [1.29, 1.82) is 0 Å². The minimum absolute atomic E-state index is 0.313. The number of carbonyl (C=O) groups excluding carboxylic acids is 1. The van der Waals surface area contributed by atoms with Crippen molar-refractivity contribution < 1.29 is 9.53 Å². The average molecular weight is 445 g/mol. The van der Waals surface area contributed by atoms with Crippen LogP contribution in [-0.4, -0.2) is 91.3 Å². The fraction of sp³-hybridized carbons (Fsp3) is 0.667. The highest BCUT2D eigenvalue weighted by Crippen LogP contribution is 2.15. The molecule has 4 rings (SSSR count). The van der Waals surface area contributed by atoms with Gasteiger partial charge >= 0.3 is 6.09 Å². The standard InChI is InChI=1S/C24H40N6O2/c1-6-25-22(27-16-21-18-29-11-13-30(21)14-12-29)26-15-19-7-9-20(10-8-19)17-28(5)23(31)32-24(2,3)4/h7-10,21H,6,11-18H2,1-5H3,(H2,25,26,27). The highest BCUT2D eigenvalue weighted by molar-refractivity contribution is 5.79. The normalized spacial score (nSPS) is 23.0. The quantitative estimate of drug-likeness (QED) is 0.496. The number of benzene rings is 1. The molecule has 3 aliphatic rings. The number of carbonyl (C=O) groups is 1. The van der Waals surface area contributed by atoms with Crippen LogP contribution in [-0.2, 0) is 17.8 Å². The van der Waals surface area contributed by atoms with E-state index >= 15 is 0 Å². The van der Waals surface area contributed by atoms with Gasteiger partial charge < -0.3 is 20.3 Å². The Kier molecular flexibility index (Phi) is 8.37. The van der Waals surface area contributed by atoms with Crippen LogP contribution in [0.4, 0.5) is 4.79 Å². The third-order valence-corrected chi connectivity index (χ3v) is 5.81. The minimum Gasteiger partial charge on any atom is -0.444 e. The Morgan fingerprint density at radius 2 is 1.78 bits per heavy atom. The zero-order valence-electron chi connectivity index (χ0n) is 20.4. The van der Waals surface area contributed by atoms with E-state index in [9.17, 15) is 4.79 Å². The molecule has 3 aliphatic heterocycles. The maximum absolute atomic E-state index is 12.2. The Morgan fingerprint density at radius 1 is 1.12 bits per heavy atom. The van der Waals surface area contributed by atoms with Gasteiger partial charge in [-0.2, -0.15) is 0 Å². The highest BCUT2D eigenvalue weighted by Gasteiger charge is 2.31. The summed E-state index contributed by atoms with van der Waals surface area (Å²) in [6, 6.07) is 8.80. The van der Waals surface area contributed by atoms with Gasteiger partial charge in [-0.25, -0.2) is 9.79 Å². The number of rotatable bonds is 7. The molecule has 1 aromatic carbocycles. The molecule has 178 valence electrons. The molecule has 1 amide bonds. The van der Waals surface area contributed by atoms with Gasteiger partial charge in [0.2, 0.25) is 0 Å². The second-order valence-electron chi connectivity index (χ2n) is 9.72. The summed E-state index contributed by atoms with van der Waals surface area (Å²) in [5.41, 5.74) is 1.71. The van der Waals surface area contributed by atoms with Crippen LogP contribution in [0.25, 0.3) is 0 Å². The summed E-state index contributed by atoms with van der Waals surface area (Å²) in [4.78, 5) is 23.7. The van der Waals surface area contributed by atoms with Gasteiger partial charge in [-0.05, 0) is 38.8 Å². The molecule has 1 unspecified atom stereocenters. The lowest BCUT2D eigenvalue weighted by atomic mass is 10.1. The summed E-state index contributed by atoms with van der Waals surface area (Å²) in [6.07, 6.45) is -0.313. The number of nitrogens with zero attached hydrogens (tertiary/aromatic N) is 4. The van der Waals surface area contributed by atoms with Crippen LogP contribution < -0.4 is 10.6 Å². The minimum atomic E-state index is -0.489. The molecule has 2 N–H and O–H groups in total. The third kappa shape index (κ3) is 7.38. The van der Waals surface area contributed by atoms with E-state index in [1.165, 1.54) is 26.2 Å². The molecule has 0 aliphatic carbocycles. The zero-order valence-corrected chi connectivity index (χ0v) is 20.4. The monoisotopic (exact) mass is 444 g/mol. The average Bonchev–Trinajstić information content (AvgIpc) is 2.76. The van der Waals surface area contributed by atoms with Crippen LogP contribution in [0, 0.1) is 0 Å². The lowest BCUT2D eigenvalue weighted by Gasteiger charge is -2.47. The van der Waals surface area contributed by atoms with Gasteiger partial charge in [0.1, 0.15) is 5.60 Å². The first kappa shape index (κ1) is 24.3. The Bertz CT molecular complexity index is 766. The maximum Gasteiger partial charge on any atom is 0.410 e. The molecule has 3 heterocycles. The van der Waals surface area contributed by atoms with Crippen LogP contribution in [0.5, 0.6) is 0 Å². The van der Waals surface area contributed by atoms with E-state index in [1.54, 1.807) is 11.9 Å². The summed E-state index contributed by atoms with van der Waals surface area (Å²) in [7, 11) is 1.76. The Hall–Kier alpha value is -2.32. The molecule has 3 fully saturated rings. The van der Waals surface area contributed by atoms with E-state index in [-0.39, 0.29) is 6.09 Å². The topological polar surface area (TPSA) is 72.4 Å². The van der Waals surface area contributed by atoms with Crippen molar-refractivity contribution in [3.05, 3.63) is 35.4 Å². The smallest absolute Gasteiger partial charge is 0.410 e. The molecule has 1 atom stereocenters. The number of hydrogen-bond donors (Lipinski definition) is 2. The van der Waals surface area contributed by atoms with Gasteiger partial charge in [0, 0.05) is 65.4 Å². The molecule has 3 saturated heterocycles. The molecule has 0 radical (unpaired) electrons. The lowest BCUT2D eigenvalue weighted by molar-refractivity contribution is 0.0154. The fourth-order valence-corrected chi connectivity index (χ4v) is 4.07. The van der Waals surface area contributed by atoms with Crippen molar-refractivity contribution in [2.24, 2.45) is 4.99 Å². The van der Waals surface area contributed by atoms with Crippen LogP contribution in [0.15, 0.2) is 29.3 Å². The molecule has 8 heteroatoms. The van der Waals surface area contributed by atoms with Crippen molar-refractivity contribution in [1.82, 2.24) is 25.3 Å². The van der Waals surface area contributed by atoms with Gasteiger partial charge in [-0.15, -0.1) is 0 Å². The van der Waals surface area contributed by atoms with E-state index in [1.807, 2.05) is 32.9 Å². The molecule has 0 saturated carbocycles. The van der Waals surface area contributed by atoms with E-state index in [0.717, 1.165) is 36.7 Å². The molecular weight excluding hydrogens is 404 g/mol. The lowest BCUT2D eigenvalue weighted by Crippen LogP contribution is -2.63. The summed E-state index contributed by atoms with van der Waals surface area (Å²) in [5, 5.41) is 6.88. The SMILES string of the molecule is CCNC(=NCc1ccc(CN(C)C(=O)OC(C)(C)C)cc1)NCC1CN2CCN1CC2. The Morgan fingerprint density at radius 3 is 2.34 bits per heavy atom. The molecule has 0 aromatic heterocycles. The van der Waals surface area contributed by atoms with E-state index < -0.39 is 5.60 Å². The van der Waals surface area contributed by atoms with Crippen molar-refractivity contribution in [3.63, 3.8) is 0 Å². The predicted molar refractivity (Wildman–Crippen MR) is 129 cm³/mol. The van der Waals surface area contributed by atoms with Crippen LogP contribution in [0.3, 0.4) is 0 Å². The predicted octanol–water partition coefficient (Wildman–Crippen LogP) is 2.11. The second kappa shape index (κ2) is 11.0. The Labute approximate surface area is 193 Å². The maximum atomic E-state index is 12.2. The summed E-state index contributed by atoms with van der Waals surface area (Å²) in [6.45, 7) is 16.5. The molecule has 1 aromatic rings. The van der Waals surface area contributed by atoms with Crippen LogP contribution in [0.2, 0.25) is 0 Å². The van der Waals surface area contributed by atoms with Crippen molar-refractivity contribution in [2.75, 3.05) is 52.9 Å². The van der Waals surface area contributed by atoms with E-state index in [2.05, 4.69) is 39.5 Å². The number of nitrogens with one attached hydrogen (secondary N) is 2. The third-order valence-electron chi connectivity index (χ3n) is 5.81. The van der Waals surface area contributed by atoms with Gasteiger partial charge in [0.15, 0.2) is 5.96 Å². The van der Waals surface area contributed by atoms with Crippen LogP contribution in [0.1, 0.15) is 38.8 Å². The first-order chi connectivity index (χ1) is 15.2. The molecular formula is C24H40N6O2. The van der Waals surface area contributed by atoms with Gasteiger partial charge in [-0.3, -0.25) is 9.80 Å². The van der Waals surface area contributed by atoms with Gasteiger partial charge in [0.25, 0.3) is 0 Å². The summed E-state index contributed by atoms with van der Waals surface area (Å²) < 4.78 is 5.42. The first-order valence-corrected chi connectivity index (χ1v) is 11.7. The molecule has 0 spiro atoms. The number of aliphatic imine (C=N–C) groups is 1. The molecule has 2 bridgehead atoms. The van der Waals surface area contributed by atoms with E-state index in [0.29, 0.717) is 19.1 Å². The number of piperazine rings is 3. The zero-order chi connectivity index (χ0) is 23.1. The first-order valence-electron chi connectivity index (χ1n) is 11.7. The highest BCUT2D eigenvalue weighted by atomic mass is 16.6. The van der Waals surface area contributed by atoms with Crippen molar-refractivity contribution >= 4 is 12.1 Å². The summed E-state index contributed by atoms with van der Waals surface area (Å²) >= 11 is 0. The fourth-order valence-electron chi connectivity index (χ4n) is 4.07. The number of hydrogen-bond acceptors (Lipinski definition) is 5. The number of fused-ring (bicyclic) bond motifs is 3. The molecule has 32 heavy (non-hydrogen) atoms. The van der Waals surface area contributed by atoms with Gasteiger partial charge in [0.05, 0.1) is 6.54 Å². The number of guanidine groups is 1. The number of amides is 1. The van der Waals surface area contributed by atoms with Crippen molar-refractivity contribution in [3.8, 4) is 0 Å². The largest absolute Gasteiger partial charge is 0.444 e. The number of ether oxygens (including phenoxy) is 1. The second-order valence-corrected chi connectivity index (χ2v) is 9.72. The van der Waals surface area contributed by atoms with E-state index in [4.69, 9.17) is 9.73 Å².